The van der Waals surface area contributed by atoms with Crippen molar-refractivity contribution in [3.63, 3.8) is 0 Å². The molecule has 0 saturated heterocycles. The Morgan fingerprint density at radius 3 is 1.86 bits per heavy atom. The lowest BCUT2D eigenvalue weighted by molar-refractivity contribution is -0.112. The third-order valence-corrected chi connectivity index (χ3v) is 2.97. The van der Waals surface area contributed by atoms with E-state index >= 15 is 0 Å². The first-order chi connectivity index (χ1) is 10.2. The Morgan fingerprint density at radius 1 is 0.762 bits per heavy atom. The second-order valence-corrected chi connectivity index (χ2v) is 4.64. The van der Waals surface area contributed by atoms with Gasteiger partial charge in [0.05, 0.1) is 0 Å². The zero-order valence-corrected chi connectivity index (χ0v) is 11.8. The van der Waals surface area contributed by atoms with Gasteiger partial charge >= 0.3 is 0 Å². The van der Waals surface area contributed by atoms with E-state index in [1.165, 1.54) is 13.0 Å². The minimum Gasteiger partial charge on any atom is -0.295 e. The fraction of sp³-hybridized carbons (Fsp3) is 0.0526. The van der Waals surface area contributed by atoms with Crippen LogP contribution in [0.1, 0.15) is 28.4 Å². The van der Waals surface area contributed by atoms with Gasteiger partial charge in [0.2, 0.25) is 0 Å². The molecule has 104 valence electrons. The Hall–Kier alpha value is -2.74. The molecule has 0 N–H and O–H groups in total. The van der Waals surface area contributed by atoms with Gasteiger partial charge in [-0.25, -0.2) is 0 Å². The van der Waals surface area contributed by atoms with E-state index in [9.17, 15) is 9.59 Å². The van der Waals surface area contributed by atoms with Crippen molar-refractivity contribution in [3.05, 3.63) is 83.4 Å². The van der Waals surface area contributed by atoms with Gasteiger partial charge in [-0.2, -0.15) is 0 Å². The molecule has 2 heteroatoms. The number of hydrogen-bond donors (Lipinski definition) is 0. The number of rotatable bonds is 5. The van der Waals surface area contributed by atoms with Crippen LogP contribution in [0.15, 0.2) is 66.7 Å². The van der Waals surface area contributed by atoms with Crippen molar-refractivity contribution in [2.24, 2.45) is 0 Å². The van der Waals surface area contributed by atoms with Gasteiger partial charge in [0, 0.05) is 5.56 Å². The summed E-state index contributed by atoms with van der Waals surface area (Å²) in [7, 11) is 0. The molecule has 0 unspecified atom stereocenters. The fourth-order valence-electron chi connectivity index (χ4n) is 1.89. The summed E-state index contributed by atoms with van der Waals surface area (Å²) in [5.41, 5.74) is 2.47. The highest BCUT2D eigenvalue weighted by molar-refractivity contribution is 6.07. The SMILES string of the molecule is CC(=O)/C=C/c1ccccc1/C=C/C(=O)c1ccccc1. The van der Waals surface area contributed by atoms with Crippen molar-refractivity contribution < 1.29 is 9.59 Å². The summed E-state index contributed by atoms with van der Waals surface area (Å²) in [6, 6.07) is 16.7. The van der Waals surface area contributed by atoms with Crippen LogP contribution in [0.2, 0.25) is 0 Å². The Balaban J connectivity index is 2.21. The molecule has 0 bridgehead atoms. The van der Waals surface area contributed by atoms with E-state index in [2.05, 4.69) is 0 Å². The Bertz CT molecular complexity index is 695. The first-order valence-corrected chi connectivity index (χ1v) is 6.72. The second-order valence-electron chi connectivity index (χ2n) is 4.64. The molecule has 0 spiro atoms. The lowest BCUT2D eigenvalue weighted by Crippen LogP contribution is -1.93. The molecule has 0 radical (unpaired) electrons. The quantitative estimate of drug-likeness (QED) is 0.606. The summed E-state index contributed by atoms with van der Waals surface area (Å²) in [6.45, 7) is 1.51. The summed E-state index contributed by atoms with van der Waals surface area (Å²) in [5.74, 6) is -0.0462. The highest BCUT2D eigenvalue weighted by Gasteiger charge is 2.00. The van der Waals surface area contributed by atoms with Crippen LogP contribution in [0, 0.1) is 0 Å². The number of carbonyl (C=O) groups excluding carboxylic acids is 2. The van der Waals surface area contributed by atoms with Gasteiger partial charge in [0.15, 0.2) is 11.6 Å². The average molecular weight is 276 g/mol. The molecule has 2 aromatic carbocycles. The number of ketones is 2. The highest BCUT2D eigenvalue weighted by atomic mass is 16.1. The Labute approximate surface area is 124 Å². The first-order valence-electron chi connectivity index (χ1n) is 6.72. The van der Waals surface area contributed by atoms with Crippen LogP contribution in [0.4, 0.5) is 0 Å². The average Bonchev–Trinajstić information content (AvgIpc) is 2.52. The van der Waals surface area contributed by atoms with E-state index in [0.29, 0.717) is 5.56 Å². The molecule has 21 heavy (non-hydrogen) atoms. The maximum Gasteiger partial charge on any atom is 0.185 e. The maximum absolute atomic E-state index is 12.0. The van der Waals surface area contributed by atoms with Crippen LogP contribution in [0.25, 0.3) is 12.2 Å². The van der Waals surface area contributed by atoms with Crippen LogP contribution in [0.3, 0.4) is 0 Å². The molecule has 2 aromatic rings. The van der Waals surface area contributed by atoms with Crippen molar-refractivity contribution in [3.8, 4) is 0 Å². The predicted octanol–water partition coefficient (Wildman–Crippen LogP) is 4.18. The predicted molar refractivity (Wildman–Crippen MR) is 86.0 cm³/mol. The van der Waals surface area contributed by atoms with Crippen molar-refractivity contribution in [2.75, 3.05) is 0 Å². The van der Waals surface area contributed by atoms with E-state index in [4.69, 9.17) is 0 Å². The lowest BCUT2D eigenvalue weighted by atomic mass is 10.0. The van der Waals surface area contributed by atoms with E-state index in [0.717, 1.165) is 11.1 Å². The standard InChI is InChI=1S/C19H16O2/c1-15(20)11-12-16-7-5-6-8-17(16)13-14-19(21)18-9-3-2-4-10-18/h2-14H,1H3/b12-11+,14-13+. The summed E-state index contributed by atoms with van der Waals surface area (Å²) >= 11 is 0. The molecule has 0 heterocycles. The van der Waals surface area contributed by atoms with Crippen LogP contribution >= 0.6 is 0 Å². The third-order valence-electron chi connectivity index (χ3n) is 2.97. The molecular weight excluding hydrogens is 260 g/mol. The summed E-state index contributed by atoms with van der Waals surface area (Å²) in [4.78, 5) is 23.1. The monoisotopic (exact) mass is 276 g/mol. The van der Waals surface area contributed by atoms with Gasteiger partial charge in [-0.15, -0.1) is 0 Å². The fourth-order valence-corrected chi connectivity index (χ4v) is 1.89. The Kier molecular flexibility index (Phi) is 4.99. The van der Waals surface area contributed by atoms with Crippen molar-refractivity contribution >= 4 is 23.7 Å². The van der Waals surface area contributed by atoms with E-state index in [1.54, 1.807) is 30.4 Å². The Morgan fingerprint density at radius 2 is 1.29 bits per heavy atom. The van der Waals surface area contributed by atoms with Gasteiger partial charge in [-0.05, 0) is 30.2 Å². The summed E-state index contributed by atoms with van der Waals surface area (Å²) in [6.07, 6.45) is 6.60. The largest absolute Gasteiger partial charge is 0.295 e. The zero-order chi connectivity index (χ0) is 15.1. The number of hydrogen-bond acceptors (Lipinski definition) is 2. The smallest absolute Gasteiger partial charge is 0.185 e. The molecule has 0 aromatic heterocycles. The molecule has 0 aliphatic rings. The lowest BCUT2D eigenvalue weighted by Gasteiger charge is -2.00. The third kappa shape index (κ3) is 4.39. The van der Waals surface area contributed by atoms with Crippen LogP contribution < -0.4 is 0 Å². The molecule has 2 rings (SSSR count). The van der Waals surface area contributed by atoms with Crippen LogP contribution in [-0.2, 0) is 4.79 Å². The molecule has 0 amide bonds. The van der Waals surface area contributed by atoms with Crippen molar-refractivity contribution in [2.45, 2.75) is 6.92 Å². The van der Waals surface area contributed by atoms with E-state index < -0.39 is 0 Å². The van der Waals surface area contributed by atoms with Gasteiger partial charge in [-0.3, -0.25) is 9.59 Å². The van der Waals surface area contributed by atoms with E-state index in [-0.39, 0.29) is 11.6 Å². The van der Waals surface area contributed by atoms with Gasteiger partial charge < -0.3 is 0 Å². The number of benzene rings is 2. The molecular formula is C19H16O2. The number of carbonyl (C=O) groups is 2. The maximum atomic E-state index is 12.0. The first kappa shape index (κ1) is 14.7. The summed E-state index contributed by atoms with van der Waals surface area (Å²) in [5, 5.41) is 0. The van der Waals surface area contributed by atoms with Gasteiger partial charge in [0.1, 0.15) is 0 Å². The second kappa shape index (κ2) is 7.15. The zero-order valence-electron chi connectivity index (χ0n) is 11.8. The van der Waals surface area contributed by atoms with E-state index in [1.807, 2.05) is 42.5 Å². The van der Waals surface area contributed by atoms with Crippen LogP contribution in [-0.4, -0.2) is 11.6 Å². The van der Waals surface area contributed by atoms with Crippen molar-refractivity contribution in [1.82, 2.24) is 0 Å². The normalized spacial score (nSPS) is 11.1. The molecule has 0 aliphatic heterocycles. The minimum atomic E-state index is -0.0408. The topological polar surface area (TPSA) is 34.1 Å². The van der Waals surface area contributed by atoms with Crippen LogP contribution in [0.5, 0.6) is 0 Å². The molecule has 0 aliphatic carbocycles. The number of allylic oxidation sites excluding steroid dienone is 2. The van der Waals surface area contributed by atoms with Gasteiger partial charge in [0.25, 0.3) is 0 Å². The van der Waals surface area contributed by atoms with Gasteiger partial charge in [-0.1, -0.05) is 66.7 Å². The molecule has 2 nitrogen and oxygen atoms in total. The minimum absolute atomic E-state index is 0.00542. The van der Waals surface area contributed by atoms with Crippen molar-refractivity contribution in [1.29, 1.82) is 0 Å². The highest BCUT2D eigenvalue weighted by Crippen LogP contribution is 2.13. The molecule has 0 atom stereocenters. The summed E-state index contributed by atoms with van der Waals surface area (Å²) < 4.78 is 0. The molecule has 0 saturated carbocycles. The molecule has 0 fully saturated rings.